The lowest BCUT2D eigenvalue weighted by molar-refractivity contribution is -0.138. The third kappa shape index (κ3) is 4.83. The summed E-state index contributed by atoms with van der Waals surface area (Å²) in [5.41, 5.74) is -0.238. The fourth-order valence-corrected chi connectivity index (χ4v) is 1.90. The number of carbonyl (C=O) groups is 2. The Morgan fingerprint density at radius 2 is 2.19 bits per heavy atom. The van der Waals surface area contributed by atoms with Gasteiger partial charge in [0, 0.05) is 18.1 Å². The summed E-state index contributed by atoms with van der Waals surface area (Å²) in [5, 5.41) is 8.46. The number of rotatable bonds is 5. The van der Waals surface area contributed by atoms with Gasteiger partial charge in [0.05, 0.1) is 18.1 Å². The maximum absolute atomic E-state index is 13.6. The van der Waals surface area contributed by atoms with Crippen molar-refractivity contribution in [2.75, 3.05) is 13.6 Å². The molecule has 112 valence electrons. The number of ether oxygens (including phenoxy) is 1. The Balaban J connectivity index is 2.69. The highest BCUT2D eigenvalue weighted by atomic mass is 79.9. The molecule has 0 aliphatic heterocycles. The summed E-state index contributed by atoms with van der Waals surface area (Å²) in [7, 11) is 1.50. The predicted octanol–water partition coefficient (Wildman–Crippen LogP) is 2.51. The number of nitriles is 1. The molecule has 5 nitrogen and oxygen atoms in total. The predicted molar refractivity (Wildman–Crippen MR) is 76.8 cm³/mol. The monoisotopic (exact) mass is 356 g/mol. The minimum Gasteiger partial charge on any atom is -0.449 e. The number of hydrogen-bond acceptors (Lipinski definition) is 4. The first kappa shape index (κ1) is 17.1. The van der Waals surface area contributed by atoms with Crippen LogP contribution in [0.5, 0.6) is 0 Å². The molecule has 1 aromatic rings. The van der Waals surface area contributed by atoms with Crippen LogP contribution in [0.15, 0.2) is 22.7 Å². The van der Waals surface area contributed by atoms with E-state index < -0.39 is 23.8 Å². The zero-order chi connectivity index (χ0) is 16.0. The third-order valence-electron chi connectivity index (χ3n) is 2.72. The van der Waals surface area contributed by atoms with E-state index in [0.717, 1.165) is 6.07 Å². The molecule has 0 saturated carbocycles. The second kappa shape index (κ2) is 7.74. The van der Waals surface area contributed by atoms with Gasteiger partial charge in [0.2, 0.25) is 0 Å². The summed E-state index contributed by atoms with van der Waals surface area (Å²) in [4.78, 5) is 25.0. The Bertz CT molecular complexity index is 586. The zero-order valence-corrected chi connectivity index (χ0v) is 13.2. The van der Waals surface area contributed by atoms with Crippen LogP contribution in [0, 0.1) is 17.1 Å². The average Bonchev–Trinajstić information content (AvgIpc) is 2.43. The summed E-state index contributed by atoms with van der Waals surface area (Å²) < 4.78 is 19.1. The quantitative estimate of drug-likeness (QED) is 0.760. The van der Waals surface area contributed by atoms with Crippen LogP contribution >= 0.6 is 15.9 Å². The lowest BCUT2D eigenvalue weighted by Gasteiger charge is -2.20. The number of halogens is 2. The van der Waals surface area contributed by atoms with Gasteiger partial charge in [-0.25, -0.2) is 9.18 Å². The Morgan fingerprint density at radius 1 is 1.52 bits per heavy atom. The van der Waals surface area contributed by atoms with E-state index in [1.165, 1.54) is 31.0 Å². The maximum Gasteiger partial charge on any atom is 0.341 e. The van der Waals surface area contributed by atoms with Gasteiger partial charge in [-0.1, -0.05) is 15.9 Å². The molecule has 0 fully saturated rings. The molecule has 0 radical (unpaired) electrons. The Morgan fingerprint density at radius 3 is 2.76 bits per heavy atom. The zero-order valence-electron chi connectivity index (χ0n) is 11.6. The molecule has 1 atom stereocenters. The topological polar surface area (TPSA) is 70.4 Å². The van der Waals surface area contributed by atoms with Crippen molar-refractivity contribution in [3.05, 3.63) is 34.1 Å². The van der Waals surface area contributed by atoms with Crippen molar-refractivity contribution in [1.82, 2.24) is 4.90 Å². The SMILES string of the molecule is C[C@H](OC(=O)c1ccc(Br)cc1F)C(=O)N(C)CCC#N. The minimum absolute atomic E-state index is 0.185. The smallest absolute Gasteiger partial charge is 0.341 e. The number of nitrogens with zero attached hydrogens (tertiary/aromatic N) is 2. The van der Waals surface area contributed by atoms with Crippen LogP contribution in [-0.4, -0.2) is 36.5 Å². The summed E-state index contributed by atoms with van der Waals surface area (Å²) in [6.07, 6.45) is -0.867. The molecule has 0 heterocycles. The van der Waals surface area contributed by atoms with Gasteiger partial charge < -0.3 is 9.64 Å². The van der Waals surface area contributed by atoms with Crippen LogP contribution in [0.1, 0.15) is 23.7 Å². The number of carbonyl (C=O) groups excluding carboxylic acids is 2. The number of likely N-dealkylation sites (N-methyl/N-ethyl adjacent to an activating group) is 1. The molecule has 0 unspecified atom stereocenters. The molecule has 0 aliphatic rings. The molecule has 0 bridgehead atoms. The van der Waals surface area contributed by atoms with Crippen LogP contribution in [0.2, 0.25) is 0 Å². The molecule has 21 heavy (non-hydrogen) atoms. The van der Waals surface area contributed by atoms with Crippen molar-refractivity contribution >= 4 is 27.8 Å². The van der Waals surface area contributed by atoms with E-state index in [4.69, 9.17) is 10.00 Å². The van der Waals surface area contributed by atoms with Crippen molar-refractivity contribution in [3.63, 3.8) is 0 Å². The summed E-state index contributed by atoms with van der Waals surface area (Å²) in [6.45, 7) is 1.64. The van der Waals surface area contributed by atoms with Crippen LogP contribution in [-0.2, 0) is 9.53 Å². The van der Waals surface area contributed by atoms with E-state index in [1.807, 2.05) is 6.07 Å². The first-order valence-corrected chi connectivity index (χ1v) is 6.94. The molecular formula is C14H14BrFN2O3. The lowest BCUT2D eigenvalue weighted by atomic mass is 10.2. The van der Waals surface area contributed by atoms with Crippen molar-refractivity contribution in [2.24, 2.45) is 0 Å². The molecule has 1 amide bonds. The maximum atomic E-state index is 13.6. The molecule has 1 aromatic carbocycles. The fraction of sp³-hybridized carbons (Fsp3) is 0.357. The van der Waals surface area contributed by atoms with Crippen LogP contribution < -0.4 is 0 Å². The minimum atomic E-state index is -1.05. The number of benzene rings is 1. The first-order chi connectivity index (χ1) is 9.86. The normalized spacial score (nSPS) is 11.4. The highest BCUT2D eigenvalue weighted by Crippen LogP contribution is 2.16. The molecular weight excluding hydrogens is 343 g/mol. The summed E-state index contributed by atoms with van der Waals surface area (Å²) in [6, 6.07) is 5.84. The van der Waals surface area contributed by atoms with E-state index in [0.29, 0.717) is 4.47 Å². The fourth-order valence-electron chi connectivity index (χ4n) is 1.57. The highest BCUT2D eigenvalue weighted by molar-refractivity contribution is 9.10. The van der Waals surface area contributed by atoms with Crippen LogP contribution in [0.25, 0.3) is 0 Å². The summed E-state index contributed by atoms with van der Waals surface area (Å²) in [5.74, 6) is -2.09. The van der Waals surface area contributed by atoms with Gasteiger partial charge in [-0.2, -0.15) is 5.26 Å². The molecule has 0 aromatic heterocycles. The lowest BCUT2D eigenvalue weighted by Crippen LogP contribution is -2.38. The molecule has 1 rings (SSSR count). The largest absolute Gasteiger partial charge is 0.449 e. The number of hydrogen-bond donors (Lipinski definition) is 0. The molecule has 7 heteroatoms. The Hall–Kier alpha value is -1.94. The Kier molecular flexibility index (Phi) is 6.31. The summed E-state index contributed by atoms with van der Waals surface area (Å²) >= 11 is 3.08. The average molecular weight is 357 g/mol. The van der Waals surface area contributed by atoms with E-state index in [1.54, 1.807) is 0 Å². The van der Waals surface area contributed by atoms with Crippen LogP contribution in [0.4, 0.5) is 4.39 Å². The van der Waals surface area contributed by atoms with Gasteiger partial charge in [-0.3, -0.25) is 4.79 Å². The third-order valence-corrected chi connectivity index (χ3v) is 3.21. The van der Waals surface area contributed by atoms with Gasteiger partial charge in [-0.05, 0) is 25.1 Å². The van der Waals surface area contributed by atoms with Gasteiger partial charge >= 0.3 is 5.97 Å². The van der Waals surface area contributed by atoms with Crippen LogP contribution in [0.3, 0.4) is 0 Å². The second-order valence-corrected chi connectivity index (χ2v) is 5.26. The van der Waals surface area contributed by atoms with Crippen molar-refractivity contribution in [1.29, 1.82) is 5.26 Å². The Labute approximate surface area is 130 Å². The van der Waals surface area contributed by atoms with E-state index in [9.17, 15) is 14.0 Å². The van der Waals surface area contributed by atoms with Crippen molar-refractivity contribution < 1.29 is 18.7 Å². The van der Waals surface area contributed by atoms with Gasteiger partial charge in [0.1, 0.15) is 5.82 Å². The molecule has 0 saturated heterocycles. The molecule has 0 spiro atoms. The van der Waals surface area contributed by atoms with Crippen molar-refractivity contribution in [2.45, 2.75) is 19.4 Å². The van der Waals surface area contributed by atoms with E-state index in [2.05, 4.69) is 15.9 Å². The van der Waals surface area contributed by atoms with E-state index in [-0.39, 0.29) is 18.5 Å². The second-order valence-electron chi connectivity index (χ2n) is 4.34. The number of esters is 1. The highest BCUT2D eigenvalue weighted by Gasteiger charge is 2.23. The standard InChI is InChI=1S/C14H14BrFN2O3/c1-9(13(19)18(2)7-3-6-17)21-14(20)11-5-4-10(15)8-12(11)16/h4-5,8-9H,3,7H2,1-2H3/t9-/m0/s1. The molecule has 0 aliphatic carbocycles. The van der Waals surface area contributed by atoms with E-state index >= 15 is 0 Å². The van der Waals surface area contributed by atoms with Crippen molar-refractivity contribution in [3.8, 4) is 6.07 Å². The molecule has 0 N–H and O–H groups in total. The van der Waals surface area contributed by atoms with Gasteiger partial charge in [0.25, 0.3) is 5.91 Å². The van der Waals surface area contributed by atoms with Gasteiger partial charge in [0.15, 0.2) is 6.10 Å². The number of amides is 1. The first-order valence-electron chi connectivity index (χ1n) is 6.14. The van der Waals surface area contributed by atoms with Gasteiger partial charge in [-0.15, -0.1) is 0 Å².